The zero-order valence-corrected chi connectivity index (χ0v) is 16.0. The van der Waals surface area contributed by atoms with E-state index in [0.29, 0.717) is 6.61 Å². The molecule has 0 saturated carbocycles. The van der Waals surface area contributed by atoms with E-state index in [1.54, 1.807) is 7.11 Å². The van der Waals surface area contributed by atoms with Crippen molar-refractivity contribution in [1.82, 2.24) is 0 Å². The Hall–Kier alpha value is -2.36. The second-order valence-corrected chi connectivity index (χ2v) is 7.26. The van der Waals surface area contributed by atoms with Crippen LogP contribution >= 0.6 is 0 Å². The average Bonchev–Trinajstić information content (AvgIpc) is 2.73. The second kappa shape index (κ2) is 7.71. The summed E-state index contributed by atoms with van der Waals surface area (Å²) in [6.45, 7) is 4.15. The zero-order chi connectivity index (χ0) is 18.7. The maximum absolute atomic E-state index is 6.13. The molecule has 140 valence electrons. The fourth-order valence-corrected chi connectivity index (χ4v) is 3.96. The highest BCUT2D eigenvalue weighted by atomic mass is 16.5. The maximum atomic E-state index is 6.13. The van der Waals surface area contributed by atoms with Crippen molar-refractivity contribution in [3.63, 3.8) is 0 Å². The van der Waals surface area contributed by atoms with E-state index < -0.39 is 0 Å². The van der Waals surface area contributed by atoms with E-state index in [2.05, 4.69) is 61.5 Å². The van der Waals surface area contributed by atoms with E-state index in [4.69, 9.17) is 14.2 Å². The number of methoxy groups -OCH3 is 1. The summed E-state index contributed by atoms with van der Waals surface area (Å²) >= 11 is 0. The van der Waals surface area contributed by atoms with Gasteiger partial charge in [0.2, 0.25) is 0 Å². The Kier molecular flexibility index (Phi) is 5.15. The Balaban J connectivity index is 1.55. The third kappa shape index (κ3) is 3.71. The number of aryl methyl sites for hydroxylation is 1. The van der Waals surface area contributed by atoms with Crippen LogP contribution in [0.3, 0.4) is 0 Å². The lowest BCUT2D eigenvalue weighted by Gasteiger charge is -2.37. The molecule has 3 nitrogen and oxygen atoms in total. The van der Waals surface area contributed by atoms with Gasteiger partial charge >= 0.3 is 0 Å². The molecule has 1 fully saturated rings. The van der Waals surface area contributed by atoms with Crippen molar-refractivity contribution in [2.45, 2.75) is 32.0 Å². The summed E-state index contributed by atoms with van der Waals surface area (Å²) in [5.74, 6) is 0.881. The van der Waals surface area contributed by atoms with Crippen molar-refractivity contribution >= 4 is 10.8 Å². The first-order valence-corrected chi connectivity index (χ1v) is 9.55. The SMILES string of the molecule is COC1(c2cc(OCc3ccc4ccccc4c3)ccc2C)CCOCC1. The molecule has 0 aromatic heterocycles. The van der Waals surface area contributed by atoms with E-state index in [1.165, 1.54) is 27.5 Å². The molecule has 0 unspecified atom stereocenters. The first kappa shape index (κ1) is 18.0. The Morgan fingerprint density at radius 1 is 0.926 bits per heavy atom. The Bertz CT molecular complexity index is 926. The number of hydrogen-bond acceptors (Lipinski definition) is 3. The van der Waals surface area contributed by atoms with Gasteiger partial charge in [0, 0.05) is 33.2 Å². The van der Waals surface area contributed by atoms with Gasteiger partial charge < -0.3 is 14.2 Å². The molecule has 1 aliphatic heterocycles. The van der Waals surface area contributed by atoms with Crippen LogP contribution in [-0.2, 0) is 21.7 Å². The Labute approximate surface area is 160 Å². The molecule has 1 aliphatic rings. The summed E-state index contributed by atoms with van der Waals surface area (Å²) in [7, 11) is 1.80. The molecule has 3 aromatic carbocycles. The first-order chi connectivity index (χ1) is 13.2. The largest absolute Gasteiger partial charge is 0.489 e. The molecular weight excluding hydrogens is 336 g/mol. The maximum Gasteiger partial charge on any atom is 0.120 e. The van der Waals surface area contributed by atoms with Gasteiger partial charge in [0.15, 0.2) is 0 Å². The van der Waals surface area contributed by atoms with Crippen LogP contribution in [0.1, 0.15) is 29.5 Å². The van der Waals surface area contributed by atoms with Crippen LogP contribution in [0.4, 0.5) is 0 Å². The minimum absolute atomic E-state index is 0.273. The van der Waals surface area contributed by atoms with Crippen molar-refractivity contribution < 1.29 is 14.2 Å². The van der Waals surface area contributed by atoms with E-state index >= 15 is 0 Å². The lowest BCUT2D eigenvalue weighted by Crippen LogP contribution is -2.36. The number of rotatable bonds is 5. The third-order valence-corrected chi connectivity index (χ3v) is 5.61. The van der Waals surface area contributed by atoms with Crippen molar-refractivity contribution in [3.8, 4) is 5.75 Å². The van der Waals surface area contributed by atoms with Gasteiger partial charge in [-0.1, -0.05) is 42.5 Å². The normalized spacial score (nSPS) is 16.4. The van der Waals surface area contributed by atoms with Gasteiger partial charge in [-0.05, 0) is 52.6 Å². The average molecular weight is 362 g/mol. The molecule has 0 bridgehead atoms. The first-order valence-electron chi connectivity index (χ1n) is 9.55. The molecule has 0 N–H and O–H groups in total. The summed E-state index contributed by atoms with van der Waals surface area (Å²) in [4.78, 5) is 0. The highest BCUT2D eigenvalue weighted by molar-refractivity contribution is 5.82. The minimum atomic E-state index is -0.273. The molecule has 27 heavy (non-hydrogen) atoms. The van der Waals surface area contributed by atoms with Crippen LogP contribution in [0.2, 0.25) is 0 Å². The molecule has 3 heteroatoms. The number of fused-ring (bicyclic) bond motifs is 1. The summed E-state index contributed by atoms with van der Waals surface area (Å²) in [5, 5.41) is 2.49. The van der Waals surface area contributed by atoms with Crippen LogP contribution in [-0.4, -0.2) is 20.3 Å². The van der Waals surface area contributed by atoms with Crippen LogP contribution in [0.15, 0.2) is 60.7 Å². The van der Waals surface area contributed by atoms with Gasteiger partial charge in [-0.25, -0.2) is 0 Å². The van der Waals surface area contributed by atoms with Gasteiger partial charge in [-0.2, -0.15) is 0 Å². The van der Waals surface area contributed by atoms with Crippen LogP contribution in [0.25, 0.3) is 10.8 Å². The van der Waals surface area contributed by atoms with Crippen molar-refractivity contribution in [2.75, 3.05) is 20.3 Å². The topological polar surface area (TPSA) is 27.7 Å². The minimum Gasteiger partial charge on any atom is -0.489 e. The lowest BCUT2D eigenvalue weighted by atomic mass is 9.83. The van der Waals surface area contributed by atoms with Crippen LogP contribution in [0, 0.1) is 6.92 Å². The zero-order valence-electron chi connectivity index (χ0n) is 16.0. The van der Waals surface area contributed by atoms with Gasteiger partial charge in [-0.3, -0.25) is 0 Å². The van der Waals surface area contributed by atoms with Gasteiger partial charge in [0.25, 0.3) is 0 Å². The fraction of sp³-hybridized carbons (Fsp3) is 0.333. The molecular formula is C24H26O3. The van der Waals surface area contributed by atoms with Gasteiger partial charge in [-0.15, -0.1) is 0 Å². The molecule has 4 rings (SSSR count). The molecule has 1 heterocycles. The standard InChI is InChI=1S/C24H26O3/c1-18-7-10-22(16-23(18)24(25-2)11-13-26-14-12-24)27-17-19-8-9-20-5-3-4-6-21(20)15-19/h3-10,15-16H,11-14,17H2,1-2H3. The number of ether oxygens (including phenoxy) is 3. The van der Waals surface area contributed by atoms with Crippen molar-refractivity contribution in [1.29, 1.82) is 0 Å². The predicted molar refractivity (Wildman–Crippen MR) is 108 cm³/mol. The molecule has 0 amide bonds. The molecule has 0 atom stereocenters. The highest BCUT2D eigenvalue weighted by Gasteiger charge is 2.35. The van der Waals surface area contributed by atoms with Crippen molar-refractivity contribution in [3.05, 3.63) is 77.4 Å². The van der Waals surface area contributed by atoms with E-state index in [0.717, 1.165) is 31.8 Å². The summed E-state index contributed by atoms with van der Waals surface area (Å²) in [5.41, 5.74) is 3.34. The van der Waals surface area contributed by atoms with Crippen molar-refractivity contribution in [2.24, 2.45) is 0 Å². The van der Waals surface area contributed by atoms with Gasteiger partial charge in [0.05, 0.1) is 5.60 Å². The monoisotopic (exact) mass is 362 g/mol. The molecule has 0 spiro atoms. The van der Waals surface area contributed by atoms with Crippen LogP contribution in [0.5, 0.6) is 5.75 Å². The molecule has 3 aromatic rings. The molecule has 0 radical (unpaired) electrons. The summed E-state index contributed by atoms with van der Waals surface area (Å²) < 4.78 is 17.7. The quantitative estimate of drug-likeness (QED) is 0.610. The second-order valence-electron chi connectivity index (χ2n) is 7.26. The third-order valence-electron chi connectivity index (χ3n) is 5.61. The van der Waals surface area contributed by atoms with Gasteiger partial charge in [0.1, 0.15) is 12.4 Å². The summed E-state index contributed by atoms with van der Waals surface area (Å²) in [6.07, 6.45) is 1.75. The predicted octanol–water partition coefficient (Wildman–Crippen LogP) is 5.38. The number of hydrogen-bond donors (Lipinski definition) is 0. The van der Waals surface area contributed by atoms with E-state index in [9.17, 15) is 0 Å². The number of benzene rings is 3. The van der Waals surface area contributed by atoms with E-state index in [1.807, 2.05) is 6.07 Å². The lowest BCUT2D eigenvalue weighted by molar-refractivity contribution is -0.0952. The molecule has 0 aliphatic carbocycles. The summed E-state index contributed by atoms with van der Waals surface area (Å²) in [6, 6.07) is 21.2. The van der Waals surface area contributed by atoms with E-state index in [-0.39, 0.29) is 5.60 Å². The Morgan fingerprint density at radius 3 is 2.48 bits per heavy atom. The van der Waals surface area contributed by atoms with Crippen LogP contribution < -0.4 is 4.74 Å². The fourth-order valence-electron chi connectivity index (χ4n) is 3.96. The Morgan fingerprint density at radius 2 is 1.70 bits per heavy atom. The highest BCUT2D eigenvalue weighted by Crippen LogP contribution is 2.38. The molecule has 1 saturated heterocycles. The smallest absolute Gasteiger partial charge is 0.120 e.